The molecule has 1 unspecified atom stereocenters. The molecular formula is C20H26N2O. The summed E-state index contributed by atoms with van der Waals surface area (Å²) < 4.78 is 5.32. The zero-order chi connectivity index (χ0) is 16.1. The van der Waals surface area contributed by atoms with Crippen molar-refractivity contribution in [2.45, 2.75) is 19.4 Å². The summed E-state index contributed by atoms with van der Waals surface area (Å²) in [5.74, 6) is 0.911. The van der Waals surface area contributed by atoms with Gasteiger partial charge in [-0.25, -0.2) is 0 Å². The number of nitrogens with zero attached hydrogens (tertiary/aromatic N) is 1. The van der Waals surface area contributed by atoms with Crippen molar-refractivity contribution in [3.8, 4) is 5.75 Å². The van der Waals surface area contributed by atoms with E-state index in [1.807, 2.05) is 0 Å². The van der Waals surface area contributed by atoms with Crippen molar-refractivity contribution in [3.05, 3.63) is 65.2 Å². The Bertz CT molecular complexity index is 616. The average Bonchev–Trinajstić information content (AvgIpc) is 2.85. The van der Waals surface area contributed by atoms with Gasteiger partial charge in [-0.1, -0.05) is 42.0 Å². The first-order chi connectivity index (χ1) is 11.3. The van der Waals surface area contributed by atoms with Crippen LogP contribution < -0.4 is 10.1 Å². The van der Waals surface area contributed by atoms with Crippen molar-refractivity contribution >= 4 is 0 Å². The number of hydrogen-bond acceptors (Lipinski definition) is 3. The normalized spacial score (nSPS) is 17.5. The number of ether oxygens (including phenoxy) is 1. The number of nitrogens with one attached hydrogen (secondary N) is 1. The van der Waals surface area contributed by atoms with E-state index in [-0.39, 0.29) is 0 Å². The molecule has 1 aliphatic heterocycles. The highest BCUT2D eigenvalue weighted by atomic mass is 16.5. The molecule has 1 aliphatic rings. The third-order valence-electron chi connectivity index (χ3n) is 4.53. The predicted molar refractivity (Wildman–Crippen MR) is 95.1 cm³/mol. The molecular weight excluding hydrogens is 284 g/mol. The number of rotatable bonds is 4. The fourth-order valence-electron chi connectivity index (χ4n) is 3.37. The van der Waals surface area contributed by atoms with Crippen LogP contribution in [0.25, 0.3) is 0 Å². The summed E-state index contributed by atoms with van der Waals surface area (Å²) >= 11 is 0. The molecule has 1 atom stereocenters. The van der Waals surface area contributed by atoms with Crippen LogP contribution in [0.4, 0.5) is 0 Å². The maximum absolute atomic E-state index is 5.32. The standard InChI is InChI=1S/C20H26N2O/c1-16-5-3-6-18(15-16)20(22-13-4-11-21-12-14-22)17-7-9-19(23-2)10-8-17/h3,5-10,15,20-21H,4,11-14H2,1-2H3. The molecule has 3 nitrogen and oxygen atoms in total. The molecule has 0 radical (unpaired) electrons. The molecule has 0 aliphatic carbocycles. The Balaban J connectivity index is 1.97. The summed E-state index contributed by atoms with van der Waals surface area (Å²) in [6.07, 6.45) is 1.19. The minimum Gasteiger partial charge on any atom is -0.497 e. The Morgan fingerprint density at radius 3 is 2.57 bits per heavy atom. The molecule has 2 aromatic rings. The molecule has 1 fully saturated rings. The van der Waals surface area contributed by atoms with Gasteiger partial charge in [-0.3, -0.25) is 4.90 Å². The van der Waals surface area contributed by atoms with Crippen LogP contribution >= 0.6 is 0 Å². The maximum Gasteiger partial charge on any atom is 0.118 e. The number of methoxy groups -OCH3 is 1. The summed E-state index contributed by atoms with van der Waals surface area (Å²) in [6, 6.07) is 17.7. The van der Waals surface area contributed by atoms with Crippen LogP contribution in [0.1, 0.15) is 29.2 Å². The number of hydrogen-bond donors (Lipinski definition) is 1. The van der Waals surface area contributed by atoms with Crippen molar-refractivity contribution in [1.82, 2.24) is 10.2 Å². The van der Waals surface area contributed by atoms with Gasteiger partial charge in [0.25, 0.3) is 0 Å². The van der Waals surface area contributed by atoms with E-state index < -0.39 is 0 Å². The summed E-state index contributed by atoms with van der Waals surface area (Å²) in [7, 11) is 1.72. The van der Waals surface area contributed by atoms with Crippen molar-refractivity contribution in [2.75, 3.05) is 33.3 Å². The van der Waals surface area contributed by atoms with Gasteiger partial charge < -0.3 is 10.1 Å². The van der Waals surface area contributed by atoms with Crippen LogP contribution in [0.5, 0.6) is 5.75 Å². The molecule has 1 saturated heterocycles. The second-order valence-corrected chi connectivity index (χ2v) is 6.23. The highest BCUT2D eigenvalue weighted by molar-refractivity contribution is 5.37. The van der Waals surface area contributed by atoms with Crippen molar-refractivity contribution in [2.24, 2.45) is 0 Å². The lowest BCUT2D eigenvalue weighted by molar-refractivity contribution is 0.241. The minimum absolute atomic E-state index is 0.306. The smallest absolute Gasteiger partial charge is 0.118 e. The Morgan fingerprint density at radius 2 is 1.83 bits per heavy atom. The molecule has 0 spiro atoms. The van der Waals surface area contributed by atoms with E-state index in [0.717, 1.165) is 31.9 Å². The van der Waals surface area contributed by atoms with Crippen LogP contribution in [0.2, 0.25) is 0 Å². The second-order valence-electron chi connectivity index (χ2n) is 6.23. The second kappa shape index (κ2) is 7.62. The van der Waals surface area contributed by atoms with Crippen LogP contribution in [-0.4, -0.2) is 38.2 Å². The van der Waals surface area contributed by atoms with Gasteiger partial charge in [0.2, 0.25) is 0 Å². The molecule has 1 heterocycles. The first kappa shape index (κ1) is 16.0. The number of aryl methyl sites for hydroxylation is 1. The molecule has 0 amide bonds. The lowest BCUT2D eigenvalue weighted by Gasteiger charge is -2.31. The van der Waals surface area contributed by atoms with Gasteiger partial charge in [0.05, 0.1) is 13.2 Å². The molecule has 122 valence electrons. The van der Waals surface area contributed by atoms with Gasteiger partial charge >= 0.3 is 0 Å². The van der Waals surface area contributed by atoms with Gasteiger partial charge in [0.15, 0.2) is 0 Å². The molecule has 23 heavy (non-hydrogen) atoms. The van der Waals surface area contributed by atoms with Gasteiger partial charge in [-0.05, 0) is 43.1 Å². The first-order valence-electron chi connectivity index (χ1n) is 8.43. The highest BCUT2D eigenvalue weighted by Crippen LogP contribution is 2.30. The first-order valence-corrected chi connectivity index (χ1v) is 8.43. The summed E-state index contributed by atoms with van der Waals surface area (Å²) in [6.45, 7) is 6.53. The molecule has 0 saturated carbocycles. The van der Waals surface area contributed by atoms with E-state index in [1.54, 1.807) is 7.11 Å². The van der Waals surface area contributed by atoms with E-state index >= 15 is 0 Å². The topological polar surface area (TPSA) is 24.5 Å². The Labute approximate surface area is 139 Å². The molecule has 3 rings (SSSR count). The molecule has 2 aromatic carbocycles. The Hall–Kier alpha value is -1.84. The van der Waals surface area contributed by atoms with E-state index in [0.29, 0.717) is 6.04 Å². The van der Waals surface area contributed by atoms with Crippen LogP contribution in [0.15, 0.2) is 48.5 Å². The lowest BCUT2D eigenvalue weighted by Crippen LogP contribution is -2.33. The molecule has 1 N–H and O–H groups in total. The summed E-state index contributed by atoms with van der Waals surface area (Å²) in [4.78, 5) is 2.59. The Morgan fingerprint density at radius 1 is 1.00 bits per heavy atom. The third kappa shape index (κ3) is 3.92. The van der Waals surface area contributed by atoms with E-state index in [9.17, 15) is 0 Å². The molecule has 0 bridgehead atoms. The van der Waals surface area contributed by atoms with Gasteiger partial charge in [0.1, 0.15) is 5.75 Å². The zero-order valence-corrected chi connectivity index (χ0v) is 14.1. The molecule has 3 heteroatoms. The van der Waals surface area contributed by atoms with Crippen molar-refractivity contribution in [3.63, 3.8) is 0 Å². The van der Waals surface area contributed by atoms with Crippen LogP contribution in [0.3, 0.4) is 0 Å². The van der Waals surface area contributed by atoms with Gasteiger partial charge in [0, 0.05) is 19.6 Å². The monoisotopic (exact) mass is 310 g/mol. The zero-order valence-electron chi connectivity index (χ0n) is 14.1. The largest absolute Gasteiger partial charge is 0.497 e. The SMILES string of the molecule is COc1ccc(C(c2cccc(C)c2)N2CCCNCC2)cc1. The maximum atomic E-state index is 5.32. The van der Waals surface area contributed by atoms with Crippen molar-refractivity contribution < 1.29 is 4.74 Å². The highest BCUT2D eigenvalue weighted by Gasteiger charge is 2.23. The number of benzene rings is 2. The van der Waals surface area contributed by atoms with Crippen LogP contribution in [0, 0.1) is 6.92 Å². The lowest BCUT2D eigenvalue weighted by atomic mass is 9.95. The summed E-state index contributed by atoms with van der Waals surface area (Å²) in [5, 5.41) is 3.50. The quantitative estimate of drug-likeness (QED) is 0.937. The third-order valence-corrected chi connectivity index (χ3v) is 4.53. The van der Waals surface area contributed by atoms with E-state index in [2.05, 4.69) is 65.7 Å². The fraction of sp³-hybridized carbons (Fsp3) is 0.400. The fourth-order valence-corrected chi connectivity index (χ4v) is 3.37. The van der Waals surface area contributed by atoms with E-state index in [4.69, 9.17) is 4.74 Å². The van der Waals surface area contributed by atoms with Gasteiger partial charge in [-0.2, -0.15) is 0 Å². The minimum atomic E-state index is 0.306. The van der Waals surface area contributed by atoms with Gasteiger partial charge in [-0.15, -0.1) is 0 Å². The average molecular weight is 310 g/mol. The van der Waals surface area contributed by atoms with Crippen LogP contribution in [-0.2, 0) is 0 Å². The van der Waals surface area contributed by atoms with E-state index in [1.165, 1.54) is 23.1 Å². The van der Waals surface area contributed by atoms with Crippen molar-refractivity contribution in [1.29, 1.82) is 0 Å². The summed E-state index contributed by atoms with van der Waals surface area (Å²) in [5.41, 5.74) is 4.02. The molecule has 0 aromatic heterocycles. The predicted octanol–water partition coefficient (Wildman–Crippen LogP) is 3.39. The Kier molecular flexibility index (Phi) is 5.31.